The number of nitrogens with one attached hydrogen (secondary N) is 1. The van der Waals surface area contributed by atoms with E-state index in [0.717, 1.165) is 23.5 Å². The molecule has 1 aliphatic heterocycles. The second-order valence-corrected chi connectivity index (χ2v) is 7.04. The van der Waals surface area contributed by atoms with Gasteiger partial charge in [0, 0.05) is 16.7 Å². The van der Waals surface area contributed by atoms with E-state index in [-0.39, 0.29) is 17.5 Å². The molecule has 3 N–H and O–H groups in total. The summed E-state index contributed by atoms with van der Waals surface area (Å²) in [6.45, 7) is 1.59. The molecule has 3 unspecified atom stereocenters. The summed E-state index contributed by atoms with van der Waals surface area (Å²) in [5, 5.41) is 31.2. The van der Waals surface area contributed by atoms with Gasteiger partial charge in [-0.25, -0.2) is 0 Å². The first-order valence-corrected chi connectivity index (χ1v) is 8.25. The second-order valence-electron chi connectivity index (χ2n) is 6.06. The van der Waals surface area contributed by atoms with Crippen LogP contribution in [0.4, 0.5) is 0 Å². The quantitative estimate of drug-likeness (QED) is 0.794. The molecule has 6 heteroatoms. The molecule has 3 rings (SSSR count). The minimum Gasteiger partial charge on any atom is -0.399 e. The van der Waals surface area contributed by atoms with Crippen LogP contribution < -0.4 is 10.6 Å². The monoisotopic (exact) mass is 322 g/mol. The van der Waals surface area contributed by atoms with E-state index in [2.05, 4.69) is 25.3 Å². The molecule has 0 amide bonds. The molecule has 1 aromatic rings. The Kier molecular flexibility index (Phi) is 3.70. The number of allylic oxidation sites excluding steroid dienone is 2. The summed E-state index contributed by atoms with van der Waals surface area (Å²) in [6, 6.07) is 10.3. The smallest absolute Gasteiger partial charge is 0.192 e. The highest BCUT2D eigenvalue weighted by Gasteiger charge is 2.55. The van der Waals surface area contributed by atoms with Gasteiger partial charge < -0.3 is 10.6 Å². The Labute approximate surface area is 139 Å². The molecule has 0 radical (unpaired) electrons. The lowest BCUT2D eigenvalue weighted by Gasteiger charge is -2.43. The van der Waals surface area contributed by atoms with Crippen molar-refractivity contribution in [3.8, 4) is 18.2 Å². The van der Waals surface area contributed by atoms with Crippen molar-refractivity contribution in [2.75, 3.05) is 20.1 Å². The third-order valence-electron chi connectivity index (χ3n) is 4.80. The summed E-state index contributed by atoms with van der Waals surface area (Å²) in [5.74, 6) is -0.389. The lowest BCUT2D eigenvalue weighted by Crippen LogP contribution is -3.10. The van der Waals surface area contributed by atoms with E-state index in [0.29, 0.717) is 5.57 Å². The summed E-state index contributed by atoms with van der Waals surface area (Å²) in [7, 11) is 2.08. The van der Waals surface area contributed by atoms with Crippen molar-refractivity contribution in [1.82, 2.24) is 0 Å². The molecule has 2 heterocycles. The number of hydrogen-bond donors (Lipinski definition) is 2. The van der Waals surface area contributed by atoms with Crippen LogP contribution in [0.1, 0.15) is 10.8 Å². The van der Waals surface area contributed by atoms with Crippen LogP contribution in [0.5, 0.6) is 0 Å². The highest BCUT2D eigenvalue weighted by molar-refractivity contribution is 7.10. The number of fused-ring (bicyclic) bond motifs is 1. The Bertz CT molecular complexity index is 799. The van der Waals surface area contributed by atoms with Gasteiger partial charge >= 0.3 is 0 Å². The van der Waals surface area contributed by atoms with Crippen LogP contribution in [0.15, 0.2) is 40.4 Å². The molecule has 0 fully saturated rings. The number of nitriles is 3. The maximum atomic E-state index is 9.83. The zero-order valence-corrected chi connectivity index (χ0v) is 13.5. The molecular formula is C17H16N5S+. The first-order valence-electron chi connectivity index (χ1n) is 7.37. The number of nitrogens with zero attached hydrogens (tertiary/aromatic N) is 3. The van der Waals surface area contributed by atoms with E-state index >= 15 is 0 Å². The molecule has 114 valence electrons. The number of thiophene rings is 1. The van der Waals surface area contributed by atoms with E-state index in [1.165, 1.54) is 16.2 Å². The molecule has 1 aliphatic carbocycles. The minimum atomic E-state index is -1.49. The lowest BCUT2D eigenvalue weighted by molar-refractivity contribution is -0.878. The van der Waals surface area contributed by atoms with Crippen molar-refractivity contribution in [2.45, 2.75) is 5.92 Å². The SMILES string of the molecule is C[NH+]1CC=C2C(C#N)=C(N)C(C#N)(C#N)C(c3cccs3)C2C1. The highest BCUT2D eigenvalue weighted by atomic mass is 32.1. The molecule has 23 heavy (non-hydrogen) atoms. The first kappa shape index (κ1) is 15.3. The number of likely N-dealkylation sites (N-methyl/N-ethyl adjacent to an activating group) is 1. The van der Waals surface area contributed by atoms with E-state index in [4.69, 9.17) is 5.73 Å². The number of quaternary nitrogens is 1. The molecule has 1 aromatic heterocycles. The summed E-state index contributed by atoms with van der Waals surface area (Å²) >= 11 is 1.53. The fourth-order valence-corrected chi connectivity index (χ4v) is 4.66. The van der Waals surface area contributed by atoms with Crippen molar-refractivity contribution < 1.29 is 4.90 Å². The van der Waals surface area contributed by atoms with Crippen LogP contribution >= 0.6 is 11.3 Å². The molecule has 0 saturated heterocycles. The Balaban J connectivity index is 2.33. The maximum Gasteiger partial charge on any atom is 0.192 e. The van der Waals surface area contributed by atoms with Crippen LogP contribution in [-0.4, -0.2) is 20.1 Å². The molecular weight excluding hydrogens is 306 g/mol. The average Bonchev–Trinajstić information content (AvgIpc) is 3.08. The Hall–Kier alpha value is -2.59. The molecule has 0 aromatic carbocycles. The maximum absolute atomic E-state index is 9.83. The third kappa shape index (κ3) is 2.06. The van der Waals surface area contributed by atoms with Gasteiger partial charge in [0.15, 0.2) is 5.41 Å². The van der Waals surface area contributed by atoms with Gasteiger partial charge in [0.25, 0.3) is 0 Å². The topological polar surface area (TPSA) is 102 Å². The van der Waals surface area contributed by atoms with Gasteiger partial charge in [-0.2, -0.15) is 15.8 Å². The summed E-state index contributed by atoms with van der Waals surface area (Å²) in [6.07, 6.45) is 2.04. The Morgan fingerprint density at radius 1 is 1.35 bits per heavy atom. The molecule has 5 nitrogen and oxygen atoms in total. The van der Waals surface area contributed by atoms with Crippen LogP contribution in [0, 0.1) is 45.3 Å². The zero-order chi connectivity index (χ0) is 16.6. The predicted octanol–water partition coefficient (Wildman–Crippen LogP) is 0.686. The normalized spacial score (nSPS) is 28.8. The summed E-state index contributed by atoms with van der Waals surface area (Å²) in [4.78, 5) is 2.27. The fraction of sp³-hybridized carbons (Fsp3) is 0.353. The minimum absolute atomic E-state index is 0.0522. The number of nitrogens with two attached hydrogens (primary N) is 1. The standard InChI is InChI=1S/C17H15N5S/c1-22-5-4-11-12(7-18)16(21)17(9-19,10-20)15(13(11)8-22)14-3-2-6-23-14/h2-4,6,13,15H,5,8,21H2,1H3/p+1. The van der Waals surface area contributed by atoms with Gasteiger partial charge in [0.2, 0.25) is 0 Å². The van der Waals surface area contributed by atoms with E-state index in [9.17, 15) is 15.8 Å². The van der Waals surface area contributed by atoms with Crippen molar-refractivity contribution in [3.63, 3.8) is 0 Å². The fourth-order valence-electron chi connectivity index (χ4n) is 3.70. The summed E-state index contributed by atoms with van der Waals surface area (Å²) < 4.78 is 0. The van der Waals surface area contributed by atoms with Crippen molar-refractivity contribution in [1.29, 1.82) is 15.8 Å². The number of hydrogen-bond acceptors (Lipinski definition) is 5. The number of rotatable bonds is 1. The van der Waals surface area contributed by atoms with Gasteiger partial charge in [-0.15, -0.1) is 11.3 Å². The van der Waals surface area contributed by atoms with Crippen molar-refractivity contribution >= 4 is 11.3 Å². The first-order chi connectivity index (χ1) is 11.1. The third-order valence-corrected chi connectivity index (χ3v) is 5.76. The van der Waals surface area contributed by atoms with Gasteiger partial charge in [0.1, 0.15) is 6.07 Å². The van der Waals surface area contributed by atoms with E-state index in [1.807, 2.05) is 23.6 Å². The van der Waals surface area contributed by atoms with Crippen LogP contribution in [-0.2, 0) is 0 Å². The van der Waals surface area contributed by atoms with Crippen LogP contribution in [0.2, 0.25) is 0 Å². The Morgan fingerprint density at radius 3 is 2.65 bits per heavy atom. The zero-order valence-electron chi connectivity index (χ0n) is 12.7. The molecule has 0 bridgehead atoms. The lowest BCUT2D eigenvalue weighted by atomic mass is 9.59. The Morgan fingerprint density at radius 2 is 2.09 bits per heavy atom. The average molecular weight is 322 g/mol. The van der Waals surface area contributed by atoms with Gasteiger partial charge in [-0.3, -0.25) is 0 Å². The predicted molar refractivity (Wildman–Crippen MR) is 85.7 cm³/mol. The van der Waals surface area contributed by atoms with Crippen LogP contribution in [0.25, 0.3) is 0 Å². The van der Waals surface area contributed by atoms with Crippen molar-refractivity contribution in [3.05, 3.63) is 45.3 Å². The summed E-state index contributed by atoms with van der Waals surface area (Å²) in [5.41, 5.74) is 6.03. The van der Waals surface area contributed by atoms with Gasteiger partial charge in [-0.1, -0.05) is 6.07 Å². The van der Waals surface area contributed by atoms with Gasteiger partial charge in [-0.05, 0) is 23.1 Å². The van der Waals surface area contributed by atoms with E-state index in [1.54, 1.807) is 0 Å². The molecule has 3 atom stereocenters. The second kappa shape index (κ2) is 5.56. The highest BCUT2D eigenvalue weighted by Crippen LogP contribution is 2.53. The molecule has 2 aliphatic rings. The van der Waals surface area contributed by atoms with E-state index < -0.39 is 5.41 Å². The van der Waals surface area contributed by atoms with Gasteiger partial charge in [0.05, 0.1) is 43.5 Å². The van der Waals surface area contributed by atoms with Crippen LogP contribution in [0.3, 0.4) is 0 Å². The van der Waals surface area contributed by atoms with Crippen molar-refractivity contribution in [2.24, 2.45) is 17.1 Å². The molecule has 0 saturated carbocycles. The largest absolute Gasteiger partial charge is 0.399 e. The molecule has 0 spiro atoms.